The lowest BCUT2D eigenvalue weighted by Crippen LogP contribution is -2.28. The molecule has 1 rings (SSSR count). The second kappa shape index (κ2) is 9.76. The van der Waals surface area contributed by atoms with Gasteiger partial charge in [0.15, 0.2) is 11.9 Å². The lowest BCUT2D eigenvalue weighted by atomic mass is 10.0. The Morgan fingerprint density at radius 3 is 2.11 bits per heavy atom. The molecule has 0 fully saturated rings. The molecule has 0 radical (unpaired) electrons. The number of hydrogen-bond acceptors (Lipinski definition) is 3. The molecule has 108 valence electrons. The van der Waals surface area contributed by atoms with Crippen LogP contribution in [0.15, 0.2) is 12.2 Å². The normalized spacial score (nSPS) is 18.7. The van der Waals surface area contributed by atoms with Gasteiger partial charge >= 0.3 is 5.97 Å². The highest BCUT2D eigenvalue weighted by molar-refractivity contribution is 6.02. The van der Waals surface area contributed by atoms with Gasteiger partial charge in [-0.1, -0.05) is 58.3 Å². The van der Waals surface area contributed by atoms with E-state index in [1.54, 1.807) is 0 Å². The molecule has 1 aliphatic heterocycles. The molecule has 1 heterocycles. The Bertz CT molecular complexity index is 307. The number of carbonyl (C=O) groups excluding carboxylic acids is 2. The zero-order valence-electron chi connectivity index (χ0n) is 12.0. The maximum atomic E-state index is 11.4. The molecule has 0 bridgehead atoms. The summed E-state index contributed by atoms with van der Waals surface area (Å²) in [7, 11) is 0. The van der Waals surface area contributed by atoms with E-state index in [1.165, 1.54) is 57.1 Å². The predicted octanol–water partition coefficient (Wildman–Crippen LogP) is 3.96. The summed E-state index contributed by atoms with van der Waals surface area (Å²) in [6, 6.07) is 0. The third kappa shape index (κ3) is 7.14. The van der Waals surface area contributed by atoms with Crippen molar-refractivity contribution in [2.75, 3.05) is 0 Å². The topological polar surface area (TPSA) is 43.4 Å². The third-order valence-corrected chi connectivity index (χ3v) is 3.53. The molecule has 0 aromatic rings. The fourth-order valence-corrected chi connectivity index (χ4v) is 2.34. The highest BCUT2D eigenvalue weighted by atomic mass is 16.5. The van der Waals surface area contributed by atoms with Gasteiger partial charge in [0.2, 0.25) is 0 Å². The Kier molecular flexibility index (Phi) is 8.19. The highest BCUT2D eigenvalue weighted by Gasteiger charge is 2.23. The largest absolute Gasteiger partial charge is 0.451 e. The third-order valence-electron chi connectivity index (χ3n) is 3.53. The minimum Gasteiger partial charge on any atom is -0.451 e. The molecule has 1 atom stereocenters. The molecule has 0 aliphatic carbocycles. The average molecular weight is 266 g/mol. The number of unbranched alkanes of at least 4 members (excludes halogenated alkanes) is 8. The average Bonchev–Trinajstić information content (AvgIpc) is 2.40. The summed E-state index contributed by atoms with van der Waals surface area (Å²) in [6.07, 6.45) is 13.9. The monoisotopic (exact) mass is 266 g/mol. The summed E-state index contributed by atoms with van der Waals surface area (Å²) < 4.78 is 5.00. The number of esters is 1. The van der Waals surface area contributed by atoms with Crippen LogP contribution in [0.25, 0.3) is 0 Å². The van der Waals surface area contributed by atoms with E-state index >= 15 is 0 Å². The Balaban J connectivity index is 1.95. The van der Waals surface area contributed by atoms with Crippen LogP contribution in [0.1, 0.15) is 71.1 Å². The molecule has 1 unspecified atom stereocenters. The molecule has 3 nitrogen and oxygen atoms in total. The summed E-state index contributed by atoms with van der Waals surface area (Å²) >= 11 is 0. The van der Waals surface area contributed by atoms with Crippen molar-refractivity contribution in [1.29, 1.82) is 0 Å². The summed E-state index contributed by atoms with van der Waals surface area (Å²) in [5.41, 5.74) is 0. The second-order valence-corrected chi connectivity index (χ2v) is 5.28. The first-order valence-corrected chi connectivity index (χ1v) is 7.66. The SMILES string of the molecule is CCCCCCCCCCCC1OC(=O)C=CC1=O. The van der Waals surface area contributed by atoms with Crippen LogP contribution in [0.4, 0.5) is 0 Å². The van der Waals surface area contributed by atoms with Crippen LogP contribution in [-0.4, -0.2) is 17.9 Å². The number of ether oxygens (including phenoxy) is 1. The van der Waals surface area contributed by atoms with Crippen molar-refractivity contribution in [3.05, 3.63) is 12.2 Å². The van der Waals surface area contributed by atoms with Gasteiger partial charge in [-0.25, -0.2) is 4.79 Å². The number of cyclic esters (lactones) is 1. The zero-order valence-corrected chi connectivity index (χ0v) is 12.0. The van der Waals surface area contributed by atoms with Gasteiger partial charge in [0.25, 0.3) is 0 Å². The highest BCUT2D eigenvalue weighted by Crippen LogP contribution is 2.15. The maximum absolute atomic E-state index is 11.4. The molecule has 0 aromatic carbocycles. The summed E-state index contributed by atoms with van der Waals surface area (Å²) in [4.78, 5) is 22.5. The predicted molar refractivity (Wildman–Crippen MR) is 75.9 cm³/mol. The van der Waals surface area contributed by atoms with Crippen molar-refractivity contribution < 1.29 is 14.3 Å². The van der Waals surface area contributed by atoms with Crippen molar-refractivity contribution in [3.8, 4) is 0 Å². The standard InChI is InChI=1S/C16H26O3/c1-2-3-4-5-6-7-8-9-10-11-15-14(17)12-13-16(18)19-15/h12-13,15H,2-11H2,1H3. The molecule has 0 spiro atoms. The minimum absolute atomic E-state index is 0.0702. The van der Waals surface area contributed by atoms with Crippen molar-refractivity contribution in [3.63, 3.8) is 0 Å². The van der Waals surface area contributed by atoms with Gasteiger partial charge < -0.3 is 4.74 Å². The van der Waals surface area contributed by atoms with E-state index in [-0.39, 0.29) is 11.8 Å². The minimum atomic E-state index is -0.526. The molecule has 0 N–H and O–H groups in total. The van der Waals surface area contributed by atoms with E-state index in [0.29, 0.717) is 6.42 Å². The van der Waals surface area contributed by atoms with Gasteiger partial charge in [0.05, 0.1) is 0 Å². The Morgan fingerprint density at radius 2 is 1.47 bits per heavy atom. The molecule has 0 saturated carbocycles. The fraction of sp³-hybridized carbons (Fsp3) is 0.750. The summed E-state index contributed by atoms with van der Waals surface area (Å²) in [6.45, 7) is 2.23. The zero-order chi connectivity index (χ0) is 13.9. The Morgan fingerprint density at radius 1 is 0.895 bits per heavy atom. The van der Waals surface area contributed by atoms with Gasteiger partial charge in [-0.3, -0.25) is 4.79 Å². The maximum Gasteiger partial charge on any atom is 0.331 e. The van der Waals surface area contributed by atoms with Gasteiger partial charge in [-0.05, 0) is 18.9 Å². The van der Waals surface area contributed by atoms with E-state index in [2.05, 4.69) is 6.92 Å². The molecule has 0 saturated heterocycles. The number of hydrogen-bond donors (Lipinski definition) is 0. The van der Waals surface area contributed by atoms with Crippen LogP contribution in [-0.2, 0) is 14.3 Å². The van der Waals surface area contributed by atoms with Crippen molar-refractivity contribution in [1.82, 2.24) is 0 Å². The summed E-state index contributed by atoms with van der Waals surface area (Å²) in [5, 5.41) is 0. The van der Waals surface area contributed by atoms with E-state index < -0.39 is 6.10 Å². The van der Waals surface area contributed by atoms with Crippen molar-refractivity contribution >= 4 is 11.8 Å². The van der Waals surface area contributed by atoms with Gasteiger partial charge in [-0.2, -0.15) is 0 Å². The molecule has 19 heavy (non-hydrogen) atoms. The number of rotatable bonds is 10. The second-order valence-electron chi connectivity index (χ2n) is 5.28. The fourth-order valence-electron chi connectivity index (χ4n) is 2.34. The van der Waals surface area contributed by atoms with Crippen molar-refractivity contribution in [2.24, 2.45) is 0 Å². The van der Waals surface area contributed by atoms with Gasteiger partial charge in [0, 0.05) is 6.08 Å². The lowest BCUT2D eigenvalue weighted by Gasteiger charge is -2.16. The molecule has 0 aromatic heterocycles. The lowest BCUT2D eigenvalue weighted by molar-refractivity contribution is -0.151. The van der Waals surface area contributed by atoms with Crippen LogP contribution in [0, 0.1) is 0 Å². The van der Waals surface area contributed by atoms with E-state index in [4.69, 9.17) is 4.74 Å². The first-order chi connectivity index (χ1) is 9.24. The Labute approximate surface area is 116 Å². The molecular formula is C16H26O3. The van der Waals surface area contributed by atoms with Crippen LogP contribution in [0.2, 0.25) is 0 Å². The molecule has 0 amide bonds. The first-order valence-electron chi connectivity index (χ1n) is 7.66. The van der Waals surface area contributed by atoms with Crippen LogP contribution in [0.3, 0.4) is 0 Å². The smallest absolute Gasteiger partial charge is 0.331 e. The number of ketones is 1. The molecule has 1 aliphatic rings. The van der Waals surface area contributed by atoms with Crippen molar-refractivity contribution in [2.45, 2.75) is 77.2 Å². The van der Waals surface area contributed by atoms with Gasteiger partial charge in [0.1, 0.15) is 0 Å². The van der Waals surface area contributed by atoms with E-state index in [9.17, 15) is 9.59 Å². The van der Waals surface area contributed by atoms with Crippen LogP contribution < -0.4 is 0 Å². The van der Waals surface area contributed by atoms with Crippen LogP contribution in [0.5, 0.6) is 0 Å². The number of carbonyl (C=O) groups is 2. The quantitative estimate of drug-likeness (QED) is 0.444. The first kappa shape index (κ1) is 15.9. The van der Waals surface area contributed by atoms with E-state index in [0.717, 1.165) is 12.8 Å². The van der Waals surface area contributed by atoms with Gasteiger partial charge in [-0.15, -0.1) is 0 Å². The Hall–Kier alpha value is -1.12. The molecular weight excluding hydrogens is 240 g/mol. The van der Waals surface area contributed by atoms with Crippen LogP contribution >= 0.6 is 0 Å². The van der Waals surface area contributed by atoms with E-state index in [1.807, 2.05) is 0 Å². The molecule has 3 heteroatoms. The summed E-state index contributed by atoms with van der Waals surface area (Å²) in [5.74, 6) is -0.459.